The third-order valence-electron chi connectivity index (χ3n) is 6.19. The maximum absolute atomic E-state index is 13.3. The van der Waals surface area contributed by atoms with Gasteiger partial charge < -0.3 is 24.2 Å². The number of halogens is 2. The summed E-state index contributed by atoms with van der Waals surface area (Å²) in [5, 5.41) is 11.6. The average molecular weight is 556 g/mol. The third-order valence-corrected chi connectivity index (χ3v) is 6.75. The molecule has 198 valence electrons. The minimum absolute atomic E-state index is 0.0649. The lowest BCUT2D eigenvalue weighted by molar-refractivity contribution is -0.140. The van der Waals surface area contributed by atoms with Gasteiger partial charge in [-0.05, 0) is 41.8 Å². The Morgan fingerprint density at radius 3 is 2.34 bits per heavy atom. The van der Waals surface area contributed by atoms with Crippen molar-refractivity contribution in [2.45, 2.75) is 19.1 Å². The van der Waals surface area contributed by atoms with Crippen molar-refractivity contribution in [1.29, 1.82) is 0 Å². The first-order chi connectivity index (χ1) is 18.3. The number of carbonyl (C=O) groups excluding carboxylic acids is 2. The number of hydrogen-bond donors (Lipinski definition) is 1. The molecule has 1 N–H and O–H groups in total. The molecule has 1 amide bonds. The number of aliphatic hydroxyl groups excluding tert-OH is 1. The standard InChI is InChI=1S/C29H27Cl2NO6/c1-36-13-7-12-32-25(19-10-6-11-21(14-19)38-17-18-8-4-3-5-9-18)24(27(34)29(32)35)26(33)20-15-22(30)28(37-2)23(31)16-20/h3-6,8-11,14-16,25,33H,7,12-13,17H2,1-2H3/b26-24+. The van der Waals surface area contributed by atoms with Gasteiger partial charge >= 0.3 is 0 Å². The molecular weight excluding hydrogens is 529 g/mol. The molecule has 9 heteroatoms. The Balaban J connectivity index is 1.77. The zero-order chi connectivity index (χ0) is 27.2. The molecule has 38 heavy (non-hydrogen) atoms. The van der Waals surface area contributed by atoms with Crippen LogP contribution in [0.5, 0.6) is 11.5 Å². The number of aliphatic hydroxyl groups is 1. The largest absolute Gasteiger partial charge is 0.507 e. The van der Waals surface area contributed by atoms with Crippen molar-refractivity contribution in [3.63, 3.8) is 0 Å². The molecule has 1 aliphatic heterocycles. The summed E-state index contributed by atoms with van der Waals surface area (Å²) in [6.07, 6.45) is 0.504. The number of ketones is 1. The van der Waals surface area contributed by atoms with Gasteiger partial charge in [-0.15, -0.1) is 0 Å². The number of methoxy groups -OCH3 is 2. The fraction of sp³-hybridized carbons (Fsp3) is 0.241. The first kappa shape index (κ1) is 27.5. The molecule has 0 bridgehead atoms. The molecule has 1 unspecified atom stereocenters. The molecule has 3 aromatic rings. The van der Waals surface area contributed by atoms with E-state index in [4.69, 9.17) is 37.4 Å². The van der Waals surface area contributed by atoms with Gasteiger partial charge in [-0.1, -0.05) is 65.7 Å². The van der Waals surface area contributed by atoms with E-state index in [1.807, 2.05) is 30.3 Å². The van der Waals surface area contributed by atoms with Crippen molar-refractivity contribution in [2.75, 3.05) is 27.4 Å². The highest BCUT2D eigenvalue weighted by atomic mass is 35.5. The smallest absolute Gasteiger partial charge is 0.295 e. The number of benzene rings is 3. The maximum atomic E-state index is 13.3. The van der Waals surface area contributed by atoms with Crippen LogP contribution in [-0.4, -0.2) is 49.1 Å². The van der Waals surface area contributed by atoms with Crippen LogP contribution in [0.25, 0.3) is 5.76 Å². The van der Waals surface area contributed by atoms with Crippen molar-refractivity contribution in [1.82, 2.24) is 4.90 Å². The van der Waals surface area contributed by atoms with Crippen LogP contribution in [0, 0.1) is 0 Å². The highest BCUT2D eigenvalue weighted by Crippen LogP contribution is 2.42. The molecule has 0 aliphatic carbocycles. The number of ether oxygens (including phenoxy) is 3. The van der Waals surface area contributed by atoms with Gasteiger partial charge in [0.15, 0.2) is 5.75 Å². The highest BCUT2D eigenvalue weighted by molar-refractivity contribution is 6.46. The second kappa shape index (κ2) is 12.3. The fourth-order valence-corrected chi connectivity index (χ4v) is 5.04. The number of Topliss-reactive ketones (excluding diaryl/α,β-unsaturated/α-hetero) is 1. The SMILES string of the molecule is COCCCN1C(=O)C(=O)/C(=C(/O)c2cc(Cl)c(OC)c(Cl)c2)C1c1cccc(OCc2ccccc2)c1. The van der Waals surface area contributed by atoms with Crippen molar-refractivity contribution in [3.8, 4) is 11.5 Å². The van der Waals surface area contributed by atoms with Crippen LogP contribution in [0.1, 0.15) is 29.2 Å². The molecule has 3 aromatic carbocycles. The Kier molecular flexibility index (Phi) is 8.94. The van der Waals surface area contributed by atoms with E-state index in [2.05, 4.69) is 0 Å². The van der Waals surface area contributed by atoms with E-state index in [1.54, 1.807) is 31.4 Å². The molecule has 0 aromatic heterocycles. The Morgan fingerprint density at radius 2 is 1.68 bits per heavy atom. The van der Waals surface area contributed by atoms with Crippen molar-refractivity contribution in [2.24, 2.45) is 0 Å². The summed E-state index contributed by atoms with van der Waals surface area (Å²) in [7, 11) is 2.99. The van der Waals surface area contributed by atoms with Gasteiger partial charge in [0.25, 0.3) is 11.7 Å². The van der Waals surface area contributed by atoms with Crippen LogP contribution in [0.15, 0.2) is 72.3 Å². The zero-order valence-electron chi connectivity index (χ0n) is 20.9. The van der Waals surface area contributed by atoms with Crippen molar-refractivity contribution < 1.29 is 28.9 Å². The van der Waals surface area contributed by atoms with Crippen LogP contribution >= 0.6 is 23.2 Å². The van der Waals surface area contributed by atoms with Gasteiger partial charge in [0.2, 0.25) is 0 Å². The Bertz CT molecular complexity index is 1340. The minimum Gasteiger partial charge on any atom is -0.507 e. The van der Waals surface area contributed by atoms with Crippen molar-refractivity contribution in [3.05, 3.63) is 99.0 Å². The van der Waals surface area contributed by atoms with E-state index in [0.29, 0.717) is 30.9 Å². The Morgan fingerprint density at radius 1 is 0.974 bits per heavy atom. The number of likely N-dealkylation sites (tertiary alicyclic amines) is 1. The van der Waals surface area contributed by atoms with Crippen LogP contribution in [-0.2, 0) is 20.9 Å². The van der Waals surface area contributed by atoms with Crippen LogP contribution in [0.4, 0.5) is 0 Å². The first-order valence-corrected chi connectivity index (χ1v) is 12.7. The normalized spacial score (nSPS) is 16.6. The summed E-state index contributed by atoms with van der Waals surface area (Å²) >= 11 is 12.6. The molecular formula is C29H27Cl2NO6. The number of rotatable bonds is 10. The summed E-state index contributed by atoms with van der Waals surface area (Å²) in [6.45, 7) is 1.000. The summed E-state index contributed by atoms with van der Waals surface area (Å²) in [5.41, 5.74) is 1.73. The molecule has 4 rings (SSSR count). The van der Waals surface area contributed by atoms with Gasteiger partial charge in [-0.2, -0.15) is 0 Å². The molecule has 1 atom stereocenters. The number of amides is 1. The van der Waals surface area contributed by atoms with Gasteiger partial charge in [0.1, 0.15) is 18.1 Å². The monoisotopic (exact) mass is 555 g/mol. The molecule has 1 aliphatic rings. The second-order valence-corrected chi connectivity index (χ2v) is 9.47. The lowest BCUT2D eigenvalue weighted by Gasteiger charge is -2.25. The molecule has 7 nitrogen and oxygen atoms in total. The lowest BCUT2D eigenvalue weighted by atomic mass is 9.95. The van der Waals surface area contributed by atoms with Gasteiger partial charge in [0, 0.05) is 25.8 Å². The van der Waals surface area contributed by atoms with E-state index in [9.17, 15) is 14.7 Å². The maximum Gasteiger partial charge on any atom is 0.295 e. The van der Waals surface area contributed by atoms with Crippen LogP contribution < -0.4 is 9.47 Å². The van der Waals surface area contributed by atoms with E-state index < -0.39 is 17.7 Å². The van der Waals surface area contributed by atoms with E-state index in [-0.39, 0.29) is 39.2 Å². The quantitative estimate of drug-likeness (QED) is 0.142. The fourth-order valence-electron chi connectivity index (χ4n) is 4.40. The van der Waals surface area contributed by atoms with Gasteiger partial charge in [-0.3, -0.25) is 9.59 Å². The molecule has 0 saturated carbocycles. The van der Waals surface area contributed by atoms with Crippen LogP contribution in [0.3, 0.4) is 0 Å². The van der Waals surface area contributed by atoms with Gasteiger partial charge in [-0.25, -0.2) is 0 Å². The molecule has 1 saturated heterocycles. The number of carbonyl (C=O) groups is 2. The summed E-state index contributed by atoms with van der Waals surface area (Å²) < 4.78 is 16.3. The Labute approximate surface area is 231 Å². The second-order valence-electron chi connectivity index (χ2n) is 8.66. The number of nitrogens with zero attached hydrogens (tertiary/aromatic N) is 1. The van der Waals surface area contributed by atoms with Crippen LogP contribution in [0.2, 0.25) is 10.0 Å². The minimum atomic E-state index is -0.855. The average Bonchev–Trinajstić information content (AvgIpc) is 3.17. The van der Waals surface area contributed by atoms with E-state index in [0.717, 1.165) is 5.56 Å². The molecule has 0 radical (unpaired) electrons. The molecule has 1 heterocycles. The first-order valence-electron chi connectivity index (χ1n) is 11.9. The highest BCUT2D eigenvalue weighted by Gasteiger charge is 2.46. The summed E-state index contributed by atoms with van der Waals surface area (Å²) in [6, 6.07) is 18.9. The summed E-state index contributed by atoms with van der Waals surface area (Å²) in [5.74, 6) is -1.10. The third kappa shape index (κ3) is 5.80. The Hall–Kier alpha value is -3.52. The summed E-state index contributed by atoms with van der Waals surface area (Å²) in [4.78, 5) is 27.9. The molecule has 0 spiro atoms. The van der Waals surface area contributed by atoms with E-state index >= 15 is 0 Å². The lowest BCUT2D eigenvalue weighted by Crippen LogP contribution is -2.31. The molecule has 1 fully saturated rings. The van der Waals surface area contributed by atoms with Crippen molar-refractivity contribution >= 4 is 40.7 Å². The number of hydrogen-bond acceptors (Lipinski definition) is 6. The van der Waals surface area contributed by atoms with E-state index in [1.165, 1.54) is 24.1 Å². The zero-order valence-corrected chi connectivity index (χ0v) is 22.5. The predicted molar refractivity (Wildman–Crippen MR) is 146 cm³/mol. The predicted octanol–water partition coefficient (Wildman–Crippen LogP) is 6.04. The van der Waals surface area contributed by atoms with Gasteiger partial charge in [0.05, 0.1) is 28.8 Å². The topological polar surface area (TPSA) is 85.3 Å².